The minimum absolute atomic E-state index is 0.0237. The molecular weight excluding hydrogens is 458 g/mol. The molecule has 2 N–H and O–H groups in total. The number of amides is 1. The normalized spacial score (nSPS) is 14.1. The molecular formula is C29H34ClN3O2. The van der Waals surface area contributed by atoms with E-state index in [1.54, 1.807) is 0 Å². The van der Waals surface area contributed by atoms with Gasteiger partial charge in [0.1, 0.15) is 5.75 Å². The van der Waals surface area contributed by atoms with Gasteiger partial charge in [-0.3, -0.25) is 9.69 Å². The molecule has 0 aromatic heterocycles. The van der Waals surface area contributed by atoms with Crippen molar-refractivity contribution in [3.8, 4) is 16.9 Å². The Hall–Kier alpha value is -2.86. The summed E-state index contributed by atoms with van der Waals surface area (Å²) >= 11 is 5.94. The molecule has 1 saturated heterocycles. The van der Waals surface area contributed by atoms with Gasteiger partial charge in [-0.15, -0.1) is 0 Å². The molecule has 1 fully saturated rings. The van der Waals surface area contributed by atoms with Gasteiger partial charge in [0.2, 0.25) is 0 Å². The smallest absolute Gasteiger partial charge is 0.258 e. The van der Waals surface area contributed by atoms with E-state index in [1.165, 1.54) is 27.8 Å². The molecule has 184 valence electrons. The zero-order valence-corrected chi connectivity index (χ0v) is 21.5. The van der Waals surface area contributed by atoms with Crippen LogP contribution in [-0.4, -0.2) is 43.6 Å². The average Bonchev–Trinajstić information content (AvgIpc) is 2.83. The van der Waals surface area contributed by atoms with E-state index in [0.29, 0.717) is 11.6 Å². The van der Waals surface area contributed by atoms with Crippen LogP contribution in [0.1, 0.15) is 27.8 Å². The zero-order chi connectivity index (χ0) is 24.8. The third-order valence-electron chi connectivity index (χ3n) is 6.39. The van der Waals surface area contributed by atoms with Gasteiger partial charge in [-0.2, -0.15) is 0 Å². The van der Waals surface area contributed by atoms with Gasteiger partial charge in [0.25, 0.3) is 5.91 Å². The van der Waals surface area contributed by atoms with Crippen LogP contribution in [0.5, 0.6) is 5.75 Å². The van der Waals surface area contributed by atoms with Crippen molar-refractivity contribution in [3.05, 3.63) is 87.4 Å². The predicted molar refractivity (Wildman–Crippen MR) is 143 cm³/mol. The van der Waals surface area contributed by atoms with Crippen LogP contribution in [0, 0.1) is 20.8 Å². The van der Waals surface area contributed by atoms with Gasteiger partial charge < -0.3 is 15.4 Å². The number of nitrogens with one attached hydrogen (secondary N) is 2. The first kappa shape index (κ1) is 25.2. The Morgan fingerprint density at radius 2 is 1.69 bits per heavy atom. The molecule has 4 rings (SSSR count). The highest BCUT2D eigenvalue weighted by Gasteiger charge is 2.16. The first-order valence-electron chi connectivity index (χ1n) is 12.2. The number of rotatable bonds is 8. The van der Waals surface area contributed by atoms with Crippen LogP contribution in [0.15, 0.2) is 54.6 Å². The number of halogens is 1. The Bertz CT molecular complexity index is 1150. The third kappa shape index (κ3) is 6.85. The third-order valence-corrected chi connectivity index (χ3v) is 6.64. The summed E-state index contributed by atoms with van der Waals surface area (Å²) in [7, 11) is 0. The molecule has 1 aliphatic rings. The van der Waals surface area contributed by atoms with Gasteiger partial charge in [0.15, 0.2) is 6.61 Å². The molecule has 0 saturated carbocycles. The van der Waals surface area contributed by atoms with Crippen molar-refractivity contribution in [2.45, 2.75) is 33.9 Å². The van der Waals surface area contributed by atoms with Crippen LogP contribution < -0.4 is 15.4 Å². The van der Waals surface area contributed by atoms with E-state index < -0.39 is 0 Å². The van der Waals surface area contributed by atoms with Gasteiger partial charge in [-0.1, -0.05) is 47.5 Å². The molecule has 5 nitrogen and oxygen atoms in total. The van der Waals surface area contributed by atoms with Crippen LogP contribution in [0.4, 0.5) is 0 Å². The zero-order valence-electron chi connectivity index (χ0n) is 20.8. The Balaban J connectivity index is 1.50. The highest BCUT2D eigenvalue weighted by Crippen LogP contribution is 2.32. The van der Waals surface area contributed by atoms with E-state index in [0.717, 1.165) is 49.6 Å². The second kappa shape index (κ2) is 11.7. The minimum atomic E-state index is -0.151. The van der Waals surface area contributed by atoms with Crippen LogP contribution in [-0.2, 0) is 17.9 Å². The highest BCUT2D eigenvalue weighted by molar-refractivity contribution is 6.30. The summed E-state index contributed by atoms with van der Waals surface area (Å²) in [5, 5.41) is 7.01. The van der Waals surface area contributed by atoms with Crippen LogP contribution in [0.25, 0.3) is 11.1 Å². The molecule has 3 aromatic rings. The lowest BCUT2D eigenvalue weighted by atomic mass is 9.92. The maximum atomic E-state index is 12.5. The number of carbonyl (C=O) groups excluding carboxylic acids is 1. The number of hydrogen-bond acceptors (Lipinski definition) is 4. The van der Waals surface area contributed by atoms with Crippen LogP contribution in [0.2, 0.25) is 5.02 Å². The molecule has 0 radical (unpaired) electrons. The van der Waals surface area contributed by atoms with Crippen molar-refractivity contribution in [3.63, 3.8) is 0 Å². The van der Waals surface area contributed by atoms with E-state index in [9.17, 15) is 4.79 Å². The van der Waals surface area contributed by atoms with Crippen molar-refractivity contribution in [2.75, 3.05) is 32.8 Å². The van der Waals surface area contributed by atoms with E-state index in [2.05, 4.69) is 60.6 Å². The number of nitrogens with zero attached hydrogens (tertiary/aromatic N) is 1. The lowest BCUT2D eigenvalue weighted by molar-refractivity contribution is -0.123. The fourth-order valence-corrected chi connectivity index (χ4v) is 4.87. The number of aryl methyl sites for hydroxylation is 3. The monoisotopic (exact) mass is 491 g/mol. The summed E-state index contributed by atoms with van der Waals surface area (Å²) in [5.74, 6) is 0.610. The van der Waals surface area contributed by atoms with Crippen molar-refractivity contribution >= 4 is 17.5 Å². The first-order chi connectivity index (χ1) is 16.9. The molecule has 35 heavy (non-hydrogen) atoms. The number of ether oxygens (including phenoxy) is 1. The second-order valence-electron chi connectivity index (χ2n) is 9.31. The van der Waals surface area contributed by atoms with Crippen molar-refractivity contribution < 1.29 is 9.53 Å². The van der Waals surface area contributed by atoms with Crippen molar-refractivity contribution in [1.82, 2.24) is 15.5 Å². The molecule has 3 aromatic carbocycles. The van der Waals surface area contributed by atoms with Crippen LogP contribution >= 0.6 is 11.6 Å². The van der Waals surface area contributed by atoms with E-state index in [1.807, 2.05) is 30.3 Å². The number of benzene rings is 3. The standard InChI is InChI=1S/C29H34ClN3O2/c1-20-14-21(2)29(22(3)15-20)24-6-9-27(25(16-24)18-33-12-10-31-11-13-33)35-19-28(34)32-17-23-4-7-26(30)8-5-23/h4-9,14-16,31H,10-13,17-19H2,1-3H3,(H,32,34). The fraction of sp³-hybridized carbons (Fsp3) is 0.345. The fourth-order valence-electron chi connectivity index (χ4n) is 4.74. The first-order valence-corrected chi connectivity index (χ1v) is 12.5. The topological polar surface area (TPSA) is 53.6 Å². The molecule has 0 atom stereocenters. The lowest BCUT2D eigenvalue weighted by Gasteiger charge is -2.28. The van der Waals surface area contributed by atoms with E-state index in [-0.39, 0.29) is 12.5 Å². The Morgan fingerprint density at radius 3 is 2.37 bits per heavy atom. The summed E-state index contributed by atoms with van der Waals surface area (Å²) in [6.07, 6.45) is 0. The number of carbonyl (C=O) groups is 1. The van der Waals surface area contributed by atoms with Crippen molar-refractivity contribution in [2.24, 2.45) is 0 Å². The minimum Gasteiger partial charge on any atom is -0.483 e. The summed E-state index contributed by atoms with van der Waals surface area (Å²) in [4.78, 5) is 14.9. The number of piperazine rings is 1. The molecule has 1 heterocycles. The summed E-state index contributed by atoms with van der Waals surface area (Å²) in [5.41, 5.74) is 8.37. The molecule has 0 spiro atoms. The largest absolute Gasteiger partial charge is 0.483 e. The molecule has 0 aliphatic carbocycles. The SMILES string of the molecule is Cc1cc(C)c(-c2ccc(OCC(=O)NCc3ccc(Cl)cc3)c(CN3CCNCC3)c2)c(C)c1. The molecule has 6 heteroatoms. The average molecular weight is 492 g/mol. The van der Waals surface area contributed by atoms with Gasteiger partial charge in [-0.05, 0) is 72.9 Å². The van der Waals surface area contributed by atoms with E-state index >= 15 is 0 Å². The van der Waals surface area contributed by atoms with Crippen molar-refractivity contribution in [1.29, 1.82) is 0 Å². The van der Waals surface area contributed by atoms with Gasteiger partial charge in [-0.25, -0.2) is 0 Å². The molecule has 0 unspecified atom stereocenters. The van der Waals surface area contributed by atoms with Gasteiger partial charge in [0, 0.05) is 49.9 Å². The van der Waals surface area contributed by atoms with Crippen LogP contribution in [0.3, 0.4) is 0 Å². The molecule has 1 aliphatic heterocycles. The Kier molecular flexibility index (Phi) is 8.45. The Labute approximate surface area is 213 Å². The predicted octanol–water partition coefficient (Wildman–Crippen LogP) is 5.03. The lowest BCUT2D eigenvalue weighted by Crippen LogP contribution is -2.43. The quantitative estimate of drug-likeness (QED) is 0.464. The maximum absolute atomic E-state index is 12.5. The second-order valence-corrected chi connectivity index (χ2v) is 9.75. The van der Waals surface area contributed by atoms with Gasteiger partial charge >= 0.3 is 0 Å². The summed E-state index contributed by atoms with van der Waals surface area (Å²) < 4.78 is 6.04. The van der Waals surface area contributed by atoms with Gasteiger partial charge in [0.05, 0.1) is 0 Å². The highest BCUT2D eigenvalue weighted by atomic mass is 35.5. The summed E-state index contributed by atoms with van der Waals surface area (Å²) in [6.45, 7) is 11.6. The van der Waals surface area contributed by atoms with E-state index in [4.69, 9.17) is 16.3 Å². The summed E-state index contributed by atoms with van der Waals surface area (Å²) in [6, 6.07) is 18.3. The molecule has 1 amide bonds. The molecule has 0 bridgehead atoms. The Morgan fingerprint density at radius 1 is 1.00 bits per heavy atom. The maximum Gasteiger partial charge on any atom is 0.258 e. The number of hydrogen-bond donors (Lipinski definition) is 2.